The molecule has 5 heteroatoms. The molecule has 0 saturated heterocycles. The molecule has 14 heavy (non-hydrogen) atoms. The summed E-state index contributed by atoms with van der Waals surface area (Å²) in [5.41, 5.74) is 5.32. The highest BCUT2D eigenvalue weighted by atomic mass is 16.7. The van der Waals surface area contributed by atoms with Gasteiger partial charge in [0.15, 0.2) is 0 Å². The summed E-state index contributed by atoms with van der Waals surface area (Å²) in [4.78, 5) is 10.3. The predicted octanol–water partition coefficient (Wildman–Crippen LogP) is 1.92. The Labute approximate surface area is 81.4 Å². The quantitative estimate of drug-likeness (QED) is 0.531. The molecule has 0 atom stereocenters. The van der Waals surface area contributed by atoms with Crippen molar-refractivity contribution in [2.45, 2.75) is 12.8 Å². The third-order valence-electron chi connectivity index (χ3n) is 2.27. The van der Waals surface area contributed by atoms with E-state index < -0.39 is 5.03 Å². The van der Waals surface area contributed by atoms with Crippen LogP contribution in [0.2, 0.25) is 0 Å². The van der Waals surface area contributed by atoms with Crippen LogP contribution in [0, 0.1) is 10.1 Å². The van der Waals surface area contributed by atoms with Crippen LogP contribution in [0.25, 0.3) is 5.53 Å². The fraction of sp³-hybridized carbons (Fsp3) is 0.333. The highest BCUT2D eigenvalue weighted by Gasteiger charge is 2.12. The smallest absolute Gasteiger partial charge is 0.0303 e. The zero-order valence-electron chi connectivity index (χ0n) is 7.59. The van der Waals surface area contributed by atoms with Crippen LogP contribution in [0.1, 0.15) is 12.0 Å². The maximum Gasteiger partial charge on any atom is 0.0303 e. The standard InChI is InChI=1S/C9H10N3O2/c13-12(14)10-11-7-3-5-8-4-1-2-6-9(8)11/h1-2,4,6H,3,5,7H2/q-1. The summed E-state index contributed by atoms with van der Waals surface area (Å²) in [6, 6.07) is 7.65. The normalized spacial score (nSPS) is 14.7. The highest BCUT2D eigenvalue weighted by Crippen LogP contribution is 2.28. The van der Waals surface area contributed by atoms with Crippen LogP contribution in [0.5, 0.6) is 0 Å². The first-order valence-electron chi connectivity index (χ1n) is 4.49. The van der Waals surface area contributed by atoms with E-state index in [2.05, 4.69) is 5.53 Å². The van der Waals surface area contributed by atoms with Crippen LogP contribution < -0.4 is 5.01 Å². The number of fused-ring (bicyclic) bond motifs is 1. The number of benzene rings is 1. The van der Waals surface area contributed by atoms with Crippen LogP contribution in [0.3, 0.4) is 0 Å². The van der Waals surface area contributed by atoms with Gasteiger partial charge in [0, 0.05) is 17.3 Å². The van der Waals surface area contributed by atoms with Crippen LogP contribution >= 0.6 is 0 Å². The summed E-state index contributed by atoms with van der Waals surface area (Å²) in [6.07, 6.45) is 1.88. The van der Waals surface area contributed by atoms with Crippen molar-refractivity contribution < 1.29 is 5.03 Å². The lowest BCUT2D eigenvalue weighted by Gasteiger charge is -2.36. The Balaban J connectivity index is 2.26. The van der Waals surface area contributed by atoms with Crippen molar-refractivity contribution in [3.63, 3.8) is 0 Å². The number of aryl methyl sites for hydroxylation is 1. The summed E-state index contributed by atoms with van der Waals surface area (Å²) in [5.74, 6) is 0. The summed E-state index contributed by atoms with van der Waals surface area (Å²) in [6.45, 7) is 0.623. The fourth-order valence-electron chi connectivity index (χ4n) is 1.69. The third-order valence-corrected chi connectivity index (χ3v) is 2.27. The van der Waals surface area contributed by atoms with Crippen molar-refractivity contribution >= 4 is 5.69 Å². The number of hydrogen-bond donors (Lipinski definition) is 0. The molecule has 0 unspecified atom stereocenters. The van der Waals surface area contributed by atoms with Crippen molar-refractivity contribution in [2.75, 3.05) is 11.6 Å². The van der Waals surface area contributed by atoms with E-state index in [1.54, 1.807) is 0 Å². The second-order valence-corrected chi connectivity index (χ2v) is 3.18. The molecule has 1 aliphatic rings. The number of para-hydroxylation sites is 1. The average Bonchev–Trinajstić information content (AvgIpc) is 2.18. The summed E-state index contributed by atoms with van der Waals surface area (Å²) in [5, 5.41) is 11.1. The van der Waals surface area contributed by atoms with E-state index in [-0.39, 0.29) is 0 Å². The minimum absolute atomic E-state index is 0.623. The zero-order chi connectivity index (χ0) is 9.97. The topological polar surface area (TPSA) is 60.5 Å². The van der Waals surface area contributed by atoms with Gasteiger partial charge in [-0.1, -0.05) is 18.2 Å². The maximum absolute atomic E-state index is 10.3. The minimum Gasteiger partial charge on any atom is -0.393 e. The molecule has 2 rings (SSSR count). The first kappa shape index (κ1) is 8.80. The minimum atomic E-state index is -0.651. The molecule has 0 N–H and O–H groups in total. The molecular weight excluding hydrogens is 182 g/mol. The van der Waals surface area contributed by atoms with Crippen LogP contribution in [0.4, 0.5) is 5.69 Å². The largest absolute Gasteiger partial charge is 0.393 e. The van der Waals surface area contributed by atoms with Gasteiger partial charge in [-0.05, 0) is 24.5 Å². The molecule has 0 spiro atoms. The van der Waals surface area contributed by atoms with Gasteiger partial charge in [0.2, 0.25) is 0 Å². The first-order valence-corrected chi connectivity index (χ1v) is 4.49. The molecule has 1 aliphatic heterocycles. The van der Waals surface area contributed by atoms with E-state index in [1.165, 1.54) is 5.01 Å². The molecule has 74 valence electrons. The van der Waals surface area contributed by atoms with Gasteiger partial charge in [0.25, 0.3) is 0 Å². The van der Waals surface area contributed by atoms with Gasteiger partial charge in [-0.3, -0.25) is 15.6 Å². The summed E-state index contributed by atoms with van der Waals surface area (Å²) >= 11 is 0. The van der Waals surface area contributed by atoms with E-state index in [0.29, 0.717) is 6.54 Å². The molecule has 0 aliphatic carbocycles. The van der Waals surface area contributed by atoms with Crippen molar-refractivity contribution in [2.24, 2.45) is 0 Å². The number of rotatable bonds is 2. The Morgan fingerprint density at radius 2 is 2.21 bits per heavy atom. The van der Waals surface area contributed by atoms with Gasteiger partial charge >= 0.3 is 0 Å². The molecule has 0 radical (unpaired) electrons. The van der Waals surface area contributed by atoms with E-state index in [1.807, 2.05) is 24.3 Å². The van der Waals surface area contributed by atoms with Crippen molar-refractivity contribution in [3.05, 3.63) is 45.5 Å². The summed E-state index contributed by atoms with van der Waals surface area (Å²) in [7, 11) is 0. The molecule has 1 aromatic carbocycles. The molecule has 0 saturated carbocycles. The van der Waals surface area contributed by atoms with Crippen LogP contribution in [-0.4, -0.2) is 11.6 Å². The Kier molecular flexibility index (Phi) is 2.22. The van der Waals surface area contributed by atoms with Crippen LogP contribution in [-0.2, 0) is 6.42 Å². The van der Waals surface area contributed by atoms with Gasteiger partial charge in [-0.25, -0.2) is 0 Å². The fourth-order valence-corrected chi connectivity index (χ4v) is 1.69. The molecule has 0 fully saturated rings. The number of nitro groups is 1. The van der Waals surface area contributed by atoms with E-state index in [4.69, 9.17) is 0 Å². The predicted molar refractivity (Wildman–Crippen MR) is 52.5 cm³/mol. The third kappa shape index (κ3) is 1.61. The Morgan fingerprint density at radius 1 is 1.43 bits per heavy atom. The second-order valence-electron chi connectivity index (χ2n) is 3.18. The lowest BCUT2D eigenvalue weighted by atomic mass is 10.0. The molecule has 1 aromatic rings. The maximum atomic E-state index is 10.3. The van der Waals surface area contributed by atoms with E-state index in [0.717, 1.165) is 24.1 Å². The number of nitrogens with zero attached hydrogens (tertiary/aromatic N) is 3. The Hall–Kier alpha value is -1.78. The van der Waals surface area contributed by atoms with Gasteiger partial charge in [-0.15, -0.1) is 0 Å². The van der Waals surface area contributed by atoms with Crippen molar-refractivity contribution in [1.82, 2.24) is 0 Å². The van der Waals surface area contributed by atoms with Gasteiger partial charge in [0.05, 0.1) is 0 Å². The van der Waals surface area contributed by atoms with Gasteiger partial charge < -0.3 is 5.01 Å². The van der Waals surface area contributed by atoms with Crippen LogP contribution in [0.15, 0.2) is 24.3 Å². The first-order chi connectivity index (χ1) is 6.77. The molecule has 5 nitrogen and oxygen atoms in total. The molecular formula is C9H10N3O2-. The highest BCUT2D eigenvalue weighted by molar-refractivity contribution is 5.56. The number of anilines is 1. The van der Waals surface area contributed by atoms with Crippen molar-refractivity contribution in [3.8, 4) is 0 Å². The average molecular weight is 192 g/mol. The molecule has 1 heterocycles. The van der Waals surface area contributed by atoms with Gasteiger partial charge in [0.1, 0.15) is 0 Å². The lowest BCUT2D eigenvalue weighted by Crippen LogP contribution is -2.27. The second kappa shape index (κ2) is 3.53. The zero-order valence-corrected chi connectivity index (χ0v) is 7.59. The Bertz CT molecular complexity index is 354. The summed E-state index contributed by atoms with van der Waals surface area (Å²) < 4.78 is 0. The molecule has 0 amide bonds. The monoisotopic (exact) mass is 192 g/mol. The Morgan fingerprint density at radius 3 is 3.00 bits per heavy atom. The lowest BCUT2D eigenvalue weighted by molar-refractivity contribution is -0.428. The van der Waals surface area contributed by atoms with E-state index >= 15 is 0 Å². The number of hydrogen-bond acceptors (Lipinski definition) is 3. The SMILES string of the molecule is O=[N+]([O-])[N-]N1CCCc2ccccc21. The van der Waals surface area contributed by atoms with Crippen molar-refractivity contribution in [1.29, 1.82) is 0 Å². The molecule has 0 bridgehead atoms. The van der Waals surface area contributed by atoms with E-state index in [9.17, 15) is 10.1 Å². The van der Waals surface area contributed by atoms with Gasteiger partial charge in [-0.2, -0.15) is 0 Å². The molecule has 0 aromatic heterocycles.